The van der Waals surface area contributed by atoms with E-state index in [-0.39, 0.29) is 11.9 Å². The topological polar surface area (TPSA) is 29.5 Å². The summed E-state index contributed by atoms with van der Waals surface area (Å²) in [5.41, 5.74) is 0.478. The summed E-state index contributed by atoms with van der Waals surface area (Å²) in [6.07, 6.45) is 2.51. The molecule has 0 saturated carbocycles. The van der Waals surface area contributed by atoms with Crippen LogP contribution < -0.4 is 0 Å². The molecule has 3 nitrogen and oxygen atoms in total. The highest BCUT2D eigenvalue weighted by Crippen LogP contribution is 2.27. The van der Waals surface area contributed by atoms with Crippen LogP contribution in [-0.2, 0) is 11.2 Å². The van der Waals surface area contributed by atoms with Gasteiger partial charge in [0.1, 0.15) is 11.4 Å². The van der Waals surface area contributed by atoms with E-state index in [2.05, 4.69) is 15.9 Å². The van der Waals surface area contributed by atoms with Gasteiger partial charge in [0.25, 0.3) is 0 Å². The highest BCUT2D eigenvalue weighted by Gasteiger charge is 2.28. The van der Waals surface area contributed by atoms with Crippen molar-refractivity contribution in [2.75, 3.05) is 13.1 Å². The average Bonchev–Trinajstić information content (AvgIpc) is 2.42. The molecular weight excluding hydrogens is 349 g/mol. The largest absolute Gasteiger partial charge is 0.444 e. The number of hydrogen-bond acceptors (Lipinski definition) is 2. The van der Waals surface area contributed by atoms with Gasteiger partial charge in [-0.2, -0.15) is 0 Å². The lowest BCUT2D eigenvalue weighted by Crippen LogP contribution is -2.43. The van der Waals surface area contributed by atoms with E-state index in [0.717, 1.165) is 31.4 Å². The van der Waals surface area contributed by atoms with Crippen molar-refractivity contribution in [3.63, 3.8) is 0 Å². The van der Waals surface area contributed by atoms with Gasteiger partial charge in [0.05, 0.1) is 4.47 Å². The highest BCUT2D eigenvalue weighted by atomic mass is 79.9. The van der Waals surface area contributed by atoms with Gasteiger partial charge in [-0.15, -0.1) is 0 Å². The third-order valence-corrected chi connectivity index (χ3v) is 4.60. The molecule has 1 atom stereocenters. The van der Waals surface area contributed by atoms with Crippen molar-refractivity contribution in [1.82, 2.24) is 4.90 Å². The zero-order valence-electron chi connectivity index (χ0n) is 13.4. The molecule has 0 radical (unpaired) electrons. The minimum atomic E-state index is -0.477. The first-order valence-corrected chi connectivity index (χ1v) is 8.46. The smallest absolute Gasteiger partial charge is 0.410 e. The van der Waals surface area contributed by atoms with E-state index in [4.69, 9.17) is 4.74 Å². The fraction of sp³-hybridized carbons (Fsp3) is 0.588. The van der Waals surface area contributed by atoms with E-state index in [9.17, 15) is 9.18 Å². The molecule has 0 N–H and O–H groups in total. The maximum atomic E-state index is 13.6. The Bertz CT molecular complexity index is 542. The molecular formula is C17H23BrFNO2. The molecule has 5 heteroatoms. The van der Waals surface area contributed by atoms with Crippen LogP contribution in [0.25, 0.3) is 0 Å². The first-order valence-electron chi connectivity index (χ1n) is 7.67. The van der Waals surface area contributed by atoms with Crippen LogP contribution in [0.4, 0.5) is 9.18 Å². The molecule has 2 rings (SSSR count). The molecule has 0 aromatic heterocycles. The lowest BCUT2D eigenvalue weighted by Gasteiger charge is -2.34. The van der Waals surface area contributed by atoms with E-state index in [1.165, 1.54) is 6.07 Å². The van der Waals surface area contributed by atoms with Gasteiger partial charge in [-0.3, -0.25) is 0 Å². The quantitative estimate of drug-likeness (QED) is 0.748. The van der Waals surface area contributed by atoms with Gasteiger partial charge in [-0.1, -0.05) is 12.1 Å². The summed E-state index contributed by atoms with van der Waals surface area (Å²) in [6.45, 7) is 7.01. The minimum Gasteiger partial charge on any atom is -0.444 e. The van der Waals surface area contributed by atoms with Crippen LogP contribution in [0.5, 0.6) is 0 Å². The zero-order chi connectivity index (χ0) is 16.3. The van der Waals surface area contributed by atoms with Gasteiger partial charge in [0, 0.05) is 13.1 Å². The normalized spacial score (nSPS) is 19.1. The van der Waals surface area contributed by atoms with Crippen LogP contribution in [0, 0.1) is 11.7 Å². The first kappa shape index (κ1) is 17.3. The highest BCUT2D eigenvalue weighted by molar-refractivity contribution is 9.10. The SMILES string of the molecule is CC(C)(C)OC(=O)N1CCC[C@H](Cc2cccc(F)c2Br)C1. The van der Waals surface area contributed by atoms with Gasteiger partial charge in [-0.05, 0) is 73.5 Å². The van der Waals surface area contributed by atoms with E-state index in [0.29, 0.717) is 16.9 Å². The Kier molecular flexibility index (Phi) is 5.48. The summed E-state index contributed by atoms with van der Waals surface area (Å²) in [5.74, 6) is 0.0941. The van der Waals surface area contributed by atoms with Gasteiger partial charge in [-0.25, -0.2) is 9.18 Å². The number of likely N-dealkylation sites (tertiary alicyclic amines) is 1. The van der Waals surface area contributed by atoms with Gasteiger partial charge in [0.15, 0.2) is 0 Å². The molecule has 0 unspecified atom stereocenters. The maximum absolute atomic E-state index is 13.6. The molecule has 1 fully saturated rings. The van der Waals surface area contributed by atoms with Crippen LogP contribution in [0.15, 0.2) is 22.7 Å². The maximum Gasteiger partial charge on any atom is 0.410 e. The third kappa shape index (κ3) is 4.70. The van der Waals surface area contributed by atoms with Crippen LogP contribution in [0.1, 0.15) is 39.2 Å². The molecule has 1 aliphatic rings. The number of benzene rings is 1. The van der Waals surface area contributed by atoms with Gasteiger partial charge in [0.2, 0.25) is 0 Å². The second-order valence-corrected chi connectivity index (χ2v) is 7.64. The first-order chi connectivity index (χ1) is 10.3. The van der Waals surface area contributed by atoms with Crippen molar-refractivity contribution in [2.45, 2.75) is 45.6 Å². The summed E-state index contributed by atoms with van der Waals surface area (Å²) < 4.78 is 19.6. The number of carbonyl (C=O) groups excluding carboxylic acids is 1. The molecule has 0 bridgehead atoms. The molecule has 1 aromatic rings. The Morgan fingerprint density at radius 1 is 1.45 bits per heavy atom. The van der Waals surface area contributed by atoms with Gasteiger partial charge >= 0.3 is 6.09 Å². The van der Waals surface area contributed by atoms with Crippen LogP contribution in [-0.4, -0.2) is 29.7 Å². The van der Waals surface area contributed by atoms with Crippen molar-refractivity contribution in [3.05, 3.63) is 34.1 Å². The fourth-order valence-corrected chi connectivity index (χ4v) is 3.17. The number of amides is 1. The van der Waals surface area contributed by atoms with Crippen molar-refractivity contribution >= 4 is 22.0 Å². The molecule has 122 valence electrons. The molecule has 0 aliphatic carbocycles. The molecule has 1 amide bonds. The summed E-state index contributed by atoms with van der Waals surface area (Å²) in [4.78, 5) is 13.9. The number of nitrogens with zero attached hydrogens (tertiary/aromatic N) is 1. The number of hydrogen-bond donors (Lipinski definition) is 0. The van der Waals surface area contributed by atoms with Crippen molar-refractivity contribution in [1.29, 1.82) is 0 Å². The molecule has 0 spiro atoms. The molecule has 22 heavy (non-hydrogen) atoms. The zero-order valence-corrected chi connectivity index (χ0v) is 15.0. The van der Waals surface area contributed by atoms with Crippen molar-refractivity contribution < 1.29 is 13.9 Å². The lowest BCUT2D eigenvalue weighted by atomic mass is 9.91. The second kappa shape index (κ2) is 6.99. The van der Waals surface area contributed by atoms with Crippen molar-refractivity contribution in [3.8, 4) is 0 Å². The monoisotopic (exact) mass is 371 g/mol. The Morgan fingerprint density at radius 3 is 2.86 bits per heavy atom. The fourth-order valence-electron chi connectivity index (χ4n) is 2.74. The molecule has 1 aromatic carbocycles. The predicted molar refractivity (Wildman–Crippen MR) is 88.3 cm³/mol. The number of halogens is 2. The van der Waals surface area contributed by atoms with Crippen LogP contribution in [0.2, 0.25) is 0 Å². The Labute approximate surface area is 140 Å². The summed E-state index contributed by atoms with van der Waals surface area (Å²) in [5, 5.41) is 0. The third-order valence-electron chi connectivity index (χ3n) is 3.71. The number of carbonyl (C=O) groups is 1. The van der Waals surface area contributed by atoms with Crippen LogP contribution in [0.3, 0.4) is 0 Å². The van der Waals surface area contributed by atoms with Gasteiger partial charge < -0.3 is 9.64 Å². The summed E-state index contributed by atoms with van der Waals surface area (Å²) >= 11 is 3.31. The van der Waals surface area contributed by atoms with E-state index >= 15 is 0 Å². The van der Waals surface area contributed by atoms with Crippen LogP contribution >= 0.6 is 15.9 Å². The average molecular weight is 372 g/mol. The summed E-state index contributed by atoms with van der Waals surface area (Å²) in [7, 11) is 0. The Balaban J connectivity index is 1.99. The standard InChI is InChI=1S/C17H23BrFNO2/c1-17(2,3)22-16(21)20-9-5-6-12(11-20)10-13-7-4-8-14(19)15(13)18/h4,7-8,12H,5-6,9-11H2,1-3H3/t12-/m1/s1. The summed E-state index contributed by atoms with van der Waals surface area (Å²) in [6, 6.07) is 5.10. The Hall–Kier alpha value is -1.10. The number of piperidine rings is 1. The number of rotatable bonds is 2. The molecule has 1 saturated heterocycles. The van der Waals surface area contributed by atoms with E-state index in [1.807, 2.05) is 26.8 Å². The lowest BCUT2D eigenvalue weighted by molar-refractivity contribution is 0.0166. The predicted octanol–water partition coefficient (Wildman–Crippen LogP) is 4.78. The minimum absolute atomic E-state index is 0.239. The van der Waals surface area contributed by atoms with E-state index < -0.39 is 5.60 Å². The van der Waals surface area contributed by atoms with Crippen molar-refractivity contribution in [2.24, 2.45) is 5.92 Å². The Morgan fingerprint density at radius 2 is 2.18 bits per heavy atom. The molecule has 1 aliphatic heterocycles. The van der Waals surface area contributed by atoms with E-state index in [1.54, 1.807) is 11.0 Å². The number of ether oxygens (including phenoxy) is 1. The second-order valence-electron chi connectivity index (χ2n) is 6.85. The molecule has 1 heterocycles.